The minimum Gasteiger partial charge on any atom is -0.378 e. The van der Waals surface area contributed by atoms with Crippen LogP contribution in [0.2, 0.25) is 0 Å². The molecular formula is C16H18N4O4. The molecule has 0 spiro atoms. The number of urea groups is 1. The molecule has 0 aliphatic heterocycles. The van der Waals surface area contributed by atoms with Crippen LogP contribution in [-0.2, 0) is 11.4 Å². The highest BCUT2D eigenvalue weighted by Crippen LogP contribution is 2.22. The zero-order valence-corrected chi connectivity index (χ0v) is 12.9. The van der Waals surface area contributed by atoms with Gasteiger partial charge in [0.2, 0.25) is 0 Å². The van der Waals surface area contributed by atoms with Crippen LogP contribution >= 0.6 is 0 Å². The lowest BCUT2D eigenvalue weighted by Gasteiger charge is -2.09. The third kappa shape index (κ3) is 5.58. The Bertz CT molecular complexity index is 679. The number of para-hydroxylation sites is 2. The van der Waals surface area contributed by atoms with E-state index in [1.54, 1.807) is 18.2 Å². The van der Waals surface area contributed by atoms with Crippen LogP contribution in [0.15, 0.2) is 54.6 Å². The number of nitrogens with zero attached hydrogens (tertiary/aromatic N) is 1. The number of nitro groups is 1. The van der Waals surface area contributed by atoms with Crippen LogP contribution in [0, 0.1) is 10.1 Å². The van der Waals surface area contributed by atoms with E-state index in [0.717, 1.165) is 5.56 Å². The van der Waals surface area contributed by atoms with E-state index in [1.807, 2.05) is 30.3 Å². The fourth-order valence-electron chi connectivity index (χ4n) is 1.95. The van der Waals surface area contributed by atoms with E-state index in [9.17, 15) is 14.9 Å². The molecule has 0 unspecified atom stereocenters. The molecule has 0 heterocycles. The van der Waals surface area contributed by atoms with Gasteiger partial charge in [-0.3, -0.25) is 15.0 Å². The molecule has 126 valence electrons. The number of amides is 2. The number of nitro benzene ring substituents is 1. The smallest absolute Gasteiger partial charge is 0.338 e. The first-order chi connectivity index (χ1) is 11.7. The van der Waals surface area contributed by atoms with Crippen molar-refractivity contribution in [2.75, 3.05) is 18.4 Å². The van der Waals surface area contributed by atoms with E-state index >= 15 is 0 Å². The summed E-state index contributed by atoms with van der Waals surface area (Å²) in [7, 11) is 0. The molecule has 0 saturated heterocycles. The van der Waals surface area contributed by atoms with Crippen LogP contribution < -0.4 is 16.1 Å². The van der Waals surface area contributed by atoms with Gasteiger partial charge in [-0.1, -0.05) is 42.5 Å². The number of hydrogen-bond donors (Lipinski definition) is 3. The Labute approximate surface area is 138 Å². The monoisotopic (exact) mass is 330 g/mol. The summed E-state index contributed by atoms with van der Waals surface area (Å²) in [4.78, 5) is 27.0. The molecule has 2 rings (SSSR count). The molecule has 2 aromatic rings. The Morgan fingerprint density at radius 1 is 1.04 bits per heavy atom. The summed E-state index contributed by atoms with van der Waals surface area (Å²) in [6.45, 7) is 0.895. The van der Waals surface area contributed by atoms with Crippen molar-refractivity contribution >= 4 is 17.4 Å². The second kappa shape index (κ2) is 9.11. The number of hydroxylamine groups is 1. The molecule has 2 aromatic carbocycles. The molecule has 24 heavy (non-hydrogen) atoms. The van der Waals surface area contributed by atoms with Crippen molar-refractivity contribution in [1.29, 1.82) is 0 Å². The molecule has 3 N–H and O–H groups in total. The Morgan fingerprint density at radius 2 is 1.75 bits per heavy atom. The maximum Gasteiger partial charge on any atom is 0.338 e. The minimum absolute atomic E-state index is 0.00635. The van der Waals surface area contributed by atoms with Gasteiger partial charge in [-0.2, -0.15) is 0 Å². The molecule has 0 radical (unpaired) electrons. The molecule has 8 heteroatoms. The van der Waals surface area contributed by atoms with Crippen LogP contribution in [0.5, 0.6) is 0 Å². The van der Waals surface area contributed by atoms with Crippen molar-refractivity contribution in [2.24, 2.45) is 0 Å². The predicted molar refractivity (Wildman–Crippen MR) is 89.4 cm³/mol. The van der Waals surface area contributed by atoms with Crippen molar-refractivity contribution in [3.8, 4) is 0 Å². The summed E-state index contributed by atoms with van der Waals surface area (Å²) in [6.07, 6.45) is 0. The van der Waals surface area contributed by atoms with Gasteiger partial charge in [0.15, 0.2) is 0 Å². The van der Waals surface area contributed by atoms with Gasteiger partial charge in [-0.25, -0.2) is 10.3 Å². The largest absolute Gasteiger partial charge is 0.378 e. The molecular weight excluding hydrogens is 312 g/mol. The molecule has 0 fully saturated rings. The van der Waals surface area contributed by atoms with Gasteiger partial charge < -0.3 is 10.6 Å². The Balaban J connectivity index is 1.64. The number of anilines is 1. The number of nitrogens with one attached hydrogen (secondary N) is 3. The Hall–Kier alpha value is -3.13. The number of carbonyl (C=O) groups excluding carboxylic acids is 1. The Morgan fingerprint density at radius 3 is 2.50 bits per heavy atom. The van der Waals surface area contributed by atoms with Crippen LogP contribution in [0.4, 0.5) is 16.2 Å². The van der Waals surface area contributed by atoms with Gasteiger partial charge in [0.25, 0.3) is 5.69 Å². The van der Waals surface area contributed by atoms with E-state index in [-0.39, 0.29) is 18.8 Å². The molecule has 0 aliphatic rings. The van der Waals surface area contributed by atoms with E-state index in [0.29, 0.717) is 12.2 Å². The van der Waals surface area contributed by atoms with Gasteiger partial charge in [0.05, 0.1) is 11.5 Å². The van der Waals surface area contributed by atoms with Crippen molar-refractivity contribution in [2.45, 2.75) is 6.61 Å². The maximum atomic E-state index is 11.5. The molecule has 0 aliphatic carbocycles. The molecule has 2 amide bonds. The lowest BCUT2D eigenvalue weighted by Crippen LogP contribution is -2.37. The van der Waals surface area contributed by atoms with Crippen LogP contribution in [0.25, 0.3) is 0 Å². The lowest BCUT2D eigenvalue weighted by molar-refractivity contribution is -0.384. The van der Waals surface area contributed by atoms with Crippen molar-refractivity contribution in [1.82, 2.24) is 10.8 Å². The second-order valence-electron chi connectivity index (χ2n) is 4.83. The maximum absolute atomic E-state index is 11.5. The van der Waals surface area contributed by atoms with Gasteiger partial charge >= 0.3 is 6.03 Å². The van der Waals surface area contributed by atoms with Crippen molar-refractivity contribution < 1.29 is 14.6 Å². The summed E-state index contributed by atoms with van der Waals surface area (Å²) in [5, 5.41) is 16.4. The van der Waals surface area contributed by atoms with E-state index in [1.165, 1.54) is 6.07 Å². The van der Waals surface area contributed by atoms with Crippen molar-refractivity contribution in [3.63, 3.8) is 0 Å². The fraction of sp³-hybridized carbons (Fsp3) is 0.188. The average molecular weight is 330 g/mol. The van der Waals surface area contributed by atoms with Crippen LogP contribution in [0.1, 0.15) is 5.56 Å². The van der Waals surface area contributed by atoms with Gasteiger partial charge in [0.1, 0.15) is 5.69 Å². The topological polar surface area (TPSA) is 106 Å². The van der Waals surface area contributed by atoms with E-state index in [4.69, 9.17) is 4.84 Å². The number of hydrogen-bond acceptors (Lipinski definition) is 5. The first-order valence-electron chi connectivity index (χ1n) is 7.33. The normalized spacial score (nSPS) is 10.0. The van der Waals surface area contributed by atoms with E-state index < -0.39 is 11.0 Å². The molecule has 0 saturated carbocycles. The average Bonchev–Trinajstić information content (AvgIpc) is 2.60. The zero-order chi connectivity index (χ0) is 17.2. The summed E-state index contributed by atoms with van der Waals surface area (Å²) >= 11 is 0. The van der Waals surface area contributed by atoms with Gasteiger partial charge in [-0.15, -0.1) is 0 Å². The van der Waals surface area contributed by atoms with Crippen molar-refractivity contribution in [3.05, 3.63) is 70.3 Å². The molecule has 0 atom stereocenters. The van der Waals surface area contributed by atoms with Gasteiger partial charge in [-0.05, 0) is 11.6 Å². The first-order valence-corrected chi connectivity index (χ1v) is 7.33. The first kappa shape index (κ1) is 17.2. The van der Waals surface area contributed by atoms with E-state index in [2.05, 4.69) is 16.1 Å². The highest BCUT2D eigenvalue weighted by Gasteiger charge is 2.11. The zero-order valence-electron chi connectivity index (χ0n) is 12.9. The highest BCUT2D eigenvalue weighted by atomic mass is 16.7. The Kier molecular flexibility index (Phi) is 6.54. The molecule has 0 bridgehead atoms. The summed E-state index contributed by atoms with van der Waals surface area (Å²) in [5.41, 5.74) is 3.62. The highest BCUT2D eigenvalue weighted by molar-refractivity contribution is 5.72. The SMILES string of the molecule is O=C(NCCNc1ccccc1[N+](=O)[O-])NOCc1ccccc1. The third-order valence-electron chi connectivity index (χ3n) is 3.07. The molecule has 8 nitrogen and oxygen atoms in total. The van der Waals surface area contributed by atoms with Crippen LogP contribution in [0.3, 0.4) is 0 Å². The summed E-state index contributed by atoms with van der Waals surface area (Å²) in [6, 6.07) is 15.3. The predicted octanol–water partition coefficient (Wildman–Crippen LogP) is 2.44. The van der Waals surface area contributed by atoms with Crippen LogP contribution in [-0.4, -0.2) is 24.0 Å². The number of benzene rings is 2. The minimum atomic E-state index is -0.477. The third-order valence-corrected chi connectivity index (χ3v) is 3.07. The standard InChI is InChI=1S/C16H18N4O4/c21-16(19-24-12-13-6-2-1-3-7-13)18-11-10-17-14-8-4-5-9-15(14)20(22)23/h1-9,17H,10-12H2,(H2,18,19,21). The fourth-order valence-corrected chi connectivity index (χ4v) is 1.95. The lowest BCUT2D eigenvalue weighted by atomic mass is 10.2. The number of rotatable bonds is 8. The summed E-state index contributed by atoms with van der Waals surface area (Å²) in [5.74, 6) is 0. The van der Waals surface area contributed by atoms with Gasteiger partial charge in [0, 0.05) is 19.2 Å². The summed E-state index contributed by atoms with van der Waals surface area (Å²) < 4.78 is 0. The molecule has 0 aromatic heterocycles. The second-order valence-corrected chi connectivity index (χ2v) is 4.83. The quantitative estimate of drug-likeness (QED) is 0.392. The number of carbonyl (C=O) groups is 1.